The van der Waals surface area contributed by atoms with E-state index >= 15 is 0 Å². The first-order valence-electron chi connectivity index (χ1n) is 6.50. The number of carboxylic acids is 1. The zero-order valence-electron chi connectivity index (χ0n) is 11.8. The Balaban J connectivity index is 2.39. The van der Waals surface area contributed by atoms with Crippen molar-refractivity contribution in [3.8, 4) is 6.07 Å². The van der Waals surface area contributed by atoms with Gasteiger partial charge in [0, 0.05) is 5.69 Å². The van der Waals surface area contributed by atoms with E-state index in [0.717, 1.165) is 0 Å². The normalized spacial score (nSPS) is 10.4. The molecule has 23 heavy (non-hydrogen) atoms. The monoisotopic (exact) mass is 328 g/mol. The predicted molar refractivity (Wildman–Crippen MR) is 88.5 cm³/mol. The van der Waals surface area contributed by atoms with Gasteiger partial charge >= 0.3 is 5.97 Å². The van der Waals surface area contributed by atoms with Crippen LogP contribution in [0.4, 0.5) is 5.69 Å². The number of aromatic amines is 2. The van der Waals surface area contributed by atoms with Gasteiger partial charge in [0.25, 0.3) is 5.56 Å². The highest BCUT2D eigenvalue weighted by atomic mass is 32.1. The summed E-state index contributed by atoms with van der Waals surface area (Å²) in [4.78, 5) is 27.4. The van der Waals surface area contributed by atoms with E-state index in [1.165, 1.54) is 0 Å². The molecule has 0 aliphatic rings. The average molecular weight is 328 g/mol. The summed E-state index contributed by atoms with van der Waals surface area (Å²) in [7, 11) is 0. The Morgan fingerprint density at radius 2 is 2.09 bits per heavy atom. The summed E-state index contributed by atoms with van der Waals surface area (Å²) in [6, 6.07) is 8.87. The highest BCUT2D eigenvalue weighted by molar-refractivity contribution is 7.71. The summed E-state index contributed by atoms with van der Waals surface area (Å²) in [5.41, 5.74) is 0.971. The third-order valence-electron chi connectivity index (χ3n) is 2.90. The number of carbonyl (C=O) groups is 1. The molecule has 0 aliphatic heterocycles. The second kappa shape index (κ2) is 7.20. The Bertz CT molecular complexity index is 921. The first-order chi connectivity index (χ1) is 11.0. The molecule has 1 aromatic heterocycles. The number of H-pyrrole nitrogens is 2. The predicted octanol–water partition coefficient (Wildman–Crippen LogP) is 1.97. The number of benzene rings is 1. The van der Waals surface area contributed by atoms with Crippen LogP contribution in [-0.2, 0) is 4.79 Å². The number of hydrogen-bond donors (Lipinski definition) is 4. The molecule has 0 amide bonds. The van der Waals surface area contributed by atoms with E-state index in [2.05, 4.69) is 15.3 Å². The molecule has 0 atom stereocenters. The van der Waals surface area contributed by atoms with Gasteiger partial charge in [-0.05, 0) is 29.9 Å². The molecular formula is C15H12N4O3S. The summed E-state index contributed by atoms with van der Waals surface area (Å²) in [5, 5.41) is 20.6. The third kappa shape index (κ3) is 4.15. The van der Waals surface area contributed by atoms with Gasteiger partial charge in [-0.15, -0.1) is 0 Å². The minimum Gasteiger partial charge on any atom is -0.480 e. The van der Waals surface area contributed by atoms with Crippen molar-refractivity contribution in [3.05, 3.63) is 56.2 Å². The van der Waals surface area contributed by atoms with Crippen LogP contribution in [0.1, 0.15) is 16.8 Å². The SMILES string of the molecule is N#Cc1c(C=Cc2ccccc2NCC(=O)O)[nH]c(=S)[nH]c1=O. The second-order valence-electron chi connectivity index (χ2n) is 4.48. The maximum Gasteiger partial charge on any atom is 0.322 e. The van der Waals surface area contributed by atoms with Gasteiger partial charge in [-0.3, -0.25) is 14.6 Å². The van der Waals surface area contributed by atoms with Gasteiger partial charge in [0.05, 0.1) is 5.69 Å². The lowest BCUT2D eigenvalue weighted by molar-refractivity contribution is -0.134. The van der Waals surface area contributed by atoms with Gasteiger partial charge in [0.15, 0.2) is 4.77 Å². The Morgan fingerprint density at radius 3 is 2.78 bits per heavy atom. The molecule has 1 heterocycles. The van der Waals surface area contributed by atoms with E-state index in [1.807, 2.05) is 6.07 Å². The van der Waals surface area contributed by atoms with Crippen LogP contribution in [0.5, 0.6) is 0 Å². The smallest absolute Gasteiger partial charge is 0.322 e. The maximum absolute atomic E-state index is 11.7. The standard InChI is InChI=1S/C15H12N4O3S/c16-7-10-12(18-15(23)19-14(10)22)6-5-9-3-1-2-4-11(9)17-8-13(20)21/h1-6,17H,8H2,(H,20,21)(H2,18,19,22,23). The second-order valence-corrected chi connectivity index (χ2v) is 4.88. The van der Waals surface area contributed by atoms with Gasteiger partial charge < -0.3 is 15.4 Å². The molecule has 0 radical (unpaired) electrons. The zero-order valence-corrected chi connectivity index (χ0v) is 12.6. The summed E-state index contributed by atoms with van der Waals surface area (Å²) in [6.07, 6.45) is 3.20. The fourth-order valence-corrected chi connectivity index (χ4v) is 2.09. The van der Waals surface area contributed by atoms with Crippen molar-refractivity contribution < 1.29 is 9.90 Å². The first-order valence-corrected chi connectivity index (χ1v) is 6.91. The fourth-order valence-electron chi connectivity index (χ4n) is 1.89. The molecule has 1 aromatic carbocycles. The van der Waals surface area contributed by atoms with Crippen molar-refractivity contribution in [2.24, 2.45) is 0 Å². The minimum atomic E-state index is -0.978. The maximum atomic E-state index is 11.7. The third-order valence-corrected chi connectivity index (χ3v) is 3.11. The van der Waals surface area contributed by atoms with Crippen molar-refractivity contribution in [2.75, 3.05) is 11.9 Å². The van der Waals surface area contributed by atoms with Gasteiger partial charge in [-0.1, -0.05) is 24.3 Å². The van der Waals surface area contributed by atoms with E-state index in [9.17, 15) is 9.59 Å². The first kappa shape index (κ1) is 16.2. The fraction of sp³-hybridized carbons (Fsp3) is 0.0667. The summed E-state index contributed by atoms with van der Waals surface area (Å²) in [5.74, 6) is -0.978. The number of nitrogens with one attached hydrogen (secondary N) is 3. The zero-order chi connectivity index (χ0) is 16.8. The number of para-hydroxylation sites is 1. The van der Waals surface area contributed by atoms with Crippen LogP contribution in [0, 0.1) is 16.1 Å². The summed E-state index contributed by atoms with van der Waals surface area (Å²) >= 11 is 4.89. The Morgan fingerprint density at radius 1 is 1.35 bits per heavy atom. The van der Waals surface area contributed by atoms with Crippen molar-refractivity contribution in [1.29, 1.82) is 5.26 Å². The largest absolute Gasteiger partial charge is 0.480 e. The summed E-state index contributed by atoms with van der Waals surface area (Å²) < 4.78 is 0.117. The highest BCUT2D eigenvalue weighted by Gasteiger charge is 2.05. The number of nitrogens with zero attached hydrogens (tertiary/aromatic N) is 1. The molecule has 7 nitrogen and oxygen atoms in total. The quantitative estimate of drug-likeness (QED) is 0.623. The number of rotatable bonds is 5. The number of aromatic nitrogens is 2. The van der Waals surface area contributed by atoms with Crippen LogP contribution in [0.25, 0.3) is 12.2 Å². The number of hydrogen-bond acceptors (Lipinski definition) is 5. The Kier molecular flexibility index (Phi) is 5.07. The highest BCUT2D eigenvalue weighted by Crippen LogP contribution is 2.18. The molecule has 2 aromatic rings. The van der Waals surface area contributed by atoms with Crippen LogP contribution in [-0.4, -0.2) is 27.6 Å². The van der Waals surface area contributed by atoms with E-state index in [-0.39, 0.29) is 22.6 Å². The molecule has 0 fully saturated rings. The van der Waals surface area contributed by atoms with Crippen molar-refractivity contribution in [2.45, 2.75) is 0 Å². The molecule has 0 unspecified atom stereocenters. The molecular weight excluding hydrogens is 316 g/mol. The number of aliphatic carboxylic acids is 1. The Hall–Kier alpha value is -3.18. The summed E-state index contributed by atoms with van der Waals surface area (Å²) in [6.45, 7) is -0.220. The van der Waals surface area contributed by atoms with E-state index < -0.39 is 11.5 Å². The molecule has 116 valence electrons. The number of nitriles is 1. The van der Waals surface area contributed by atoms with E-state index in [1.54, 1.807) is 36.4 Å². The molecule has 0 spiro atoms. The molecule has 0 bridgehead atoms. The van der Waals surface area contributed by atoms with Crippen LogP contribution in [0.3, 0.4) is 0 Å². The van der Waals surface area contributed by atoms with Crippen LogP contribution < -0.4 is 10.9 Å². The molecule has 8 heteroatoms. The molecule has 4 N–H and O–H groups in total. The van der Waals surface area contributed by atoms with Crippen LogP contribution in [0.2, 0.25) is 0 Å². The van der Waals surface area contributed by atoms with Crippen molar-refractivity contribution in [3.63, 3.8) is 0 Å². The lowest BCUT2D eigenvalue weighted by atomic mass is 10.1. The van der Waals surface area contributed by atoms with Gasteiger partial charge in [0.2, 0.25) is 0 Å². The molecule has 0 aliphatic carbocycles. The minimum absolute atomic E-state index is 0.0779. The van der Waals surface area contributed by atoms with Crippen molar-refractivity contribution in [1.82, 2.24) is 9.97 Å². The van der Waals surface area contributed by atoms with E-state index in [0.29, 0.717) is 11.3 Å². The van der Waals surface area contributed by atoms with Gasteiger partial charge in [-0.25, -0.2) is 0 Å². The number of anilines is 1. The van der Waals surface area contributed by atoms with Crippen LogP contribution in [0.15, 0.2) is 29.1 Å². The van der Waals surface area contributed by atoms with Crippen LogP contribution >= 0.6 is 12.2 Å². The lowest BCUT2D eigenvalue weighted by Crippen LogP contribution is -2.14. The Labute approximate surface area is 135 Å². The average Bonchev–Trinajstić information content (AvgIpc) is 2.51. The molecule has 0 saturated heterocycles. The molecule has 0 saturated carbocycles. The molecule has 2 rings (SSSR count). The number of carboxylic acid groups (broad SMARTS) is 1. The lowest BCUT2D eigenvalue weighted by Gasteiger charge is -2.07. The topological polar surface area (TPSA) is 122 Å². The van der Waals surface area contributed by atoms with Crippen molar-refractivity contribution >= 4 is 36.0 Å². The van der Waals surface area contributed by atoms with Gasteiger partial charge in [-0.2, -0.15) is 5.26 Å². The van der Waals surface area contributed by atoms with E-state index in [4.69, 9.17) is 22.6 Å². The van der Waals surface area contributed by atoms with Gasteiger partial charge in [0.1, 0.15) is 18.2 Å².